The normalized spacial score (nSPS) is 13.3. The smallest absolute Gasteiger partial charge is 0.0971 e. The van der Waals surface area contributed by atoms with Gasteiger partial charge in [-0.3, -0.25) is 4.68 Å². The molecule has 0 saturated carbocycles. The largest absolute Gasteiger partial charge is 0.387 e. The molecule has 0 aliphatic carbocycles. The van der Waals surface area contributed by atoms with Gasteiger partial charge in [0.05, 0.1) is 18.0 Å². The van der Waals surface area contributed by atoms with E-state index in [1.165, 1.54) is 0 Å². The minimum atomic E-state index is -0.484. The Morgan fingerprint density at radius 2 is 2.42 bits per heavy atom. The van der Waals surface area contributed by atoms with E-state index in [-0.39, 0.29) is 0 Å². The van der Waals surface area contributed by atoms with E-state index in [2.05, 4.69) is 5.10 Å². The highest BCUT2D eigenvalue weighted by Crippen LogP contribution is 2.18. The van der Waals surface area contributed by atoms with Crippen molar-refractivity contribution in [2.45, 2.75) is 19.4 Å². The maximum Gasteiger partial charge on any atom is 0.0971 e. The van der Waals surface area contributed by atoms with Crippen LogP contribution in [-0.4, -0.2) is 21.4 Å². The third-order valence-corrected chi connectivity index (χ3v) is 1.93. The molecule has 68 valence electrons. The van der Waals surface area contributed by atoms with Crippen LogP contribution in [0.15, 0.2) is 6.20 Å². The van der Waals surface area contributed by atoms with E-state index in [0.717, 1.165) is 11.3 Å². The molecule has 1 rings (SSSR count). The van der Waals surface area contributed by atoms with E-state index in [1.54, 1.807) is 10.9 Å². The third kappa shape index (κ3) is 1.65. The molecule has 0 radical (unpaired) electrons. The number of aromatic nitrogens is 2. The molecule has 1 aromatic rings. The number of aliphatic hydroxyl groups excluding tert-OH is 1. The van der Waals surface area contributed by atoms with Gasteiger partial charge in [0.15, 0.2) is 0 Å². The first-order valence-electron chi connectivity index (χ1n) is 4.03. The van der Waals surface area contributed by atoms with Gasteiger partial charge in [0, 0.05) is 7.05 Å². The van der Waals surface area contributed by atoms with Crippen molar-refractivity contribution in [2.75, 3.05) is 6.54 Å². The van der Waals surface area contributed by atoms with E-state index in [1.807, 2.05) is 14.0 Å². The van der Waals surface area contributed by atoms with Crippen molar-refractivity contribution in [2.24, 2.45) is 12.8 Å². The first kappa shape index (κ1) is 9.22. The number of nitrogens with zero attached hydrogens (tertiary/aromatic N) is 2. The van der Waals surface area contributed by atoms with Crippen molar-refractivity contribution in [1.29, 1.82) is 0 Å². The maximum atomic E-state index is 9.63. The second-order valence-electron chi connectivity index (χ2n) is 2.93. The Bertz CT molecular complexity index is 237. The third-order valence-electron chi connectivity index (χ3n) is 1.93. The number of nitrogens with two attached hydrogens (primary N) is 1. The molecule has 0 unspecified atom stereocenters. The Kier molecular flexibility index (Phi) is 2.83. The van der Waals surface area contributed by atoms with Gasteiger partial charge in [-0.25, -0.2) is 0 Å². The molecule has 0 aliphatic rings. The average molecular weight is 169 g/mol. The Labute approximate surface area is 72.0 Å². The number of rotatable bonds is 3. The number of aliphatic hydroxyl groups is 1. The lowest BCUT2D eigenvalue weighted by Crippen LogP contribution is -2.11. The summed E-state index contributed by atoms with van der Waals surface area (Å²) in [7, 11) is 1.82. The van der Waals surface area contributed by atoms with Gasteiger partial charge in [0.25, 0.3) is 0 Å². The molecule has 4 heteroatoms. The minimum Gasteiger partial charge on any atom is -0.387 e. The summed E-state index contributed by atoms with van der Waals surface area (Å²) < 4.78 is 1.69. The zero-order chi connectivity index (χ0) is 9.14. The van der Waals surface area contributed by atoms with E-state index < -0.39 is 6.10 Å². The molecule has 1 aromatic heterocycles. The van der Waals surface area contributed by atoms with E-state index in [0.29, 0.717) is 13.0 Å². The summed E-state index contributed by atoms with van der Waals surface area (Å²) in [4.78, 5) is 0. The zero-order valence-corrected chi connectivity index (χ0v) is 7.49. The second kappa shape index (κ2) is 3.69. The zero-order valence-electron chi connectivity index (χ0n) is 7.49. The van der Waals surface area contributed by atoms with Crippen LogP contribution >= 0.6 is 0 Å². The molecular formula is C8H15N3O. The lowest BCUT2D eigenvalue weighted by molar-refractivity contribution is 0.160. The van der Waals surface area contributed by atoms with Gasteiger partial charge in [-0.1, -0.05) is 0 Å². The van der Waals surface area contributed by atoms with Crippen LogP contribution in [-0.2, 0) is 7.05 Å². The monoisotopic (exact) mass is 169 g/mol. The Morgan fingerprint density at radius 3 is 2.83 bits per heavy atom. The van der Waals surface area contributed by atoms with Gasteiger partial charge in [0.2, 0.25) is 0 Å². The molecule has 0 saturated heterocycles. The molecule has 1 atom stereocenters. The fraction of sp³-hybridized carbons (Fsp3) is 0.625. The summed E-state index contributed by atoms with van der Waals surface area (Å²) in [6.07, 6.45) is 1.85. The van der Waals surface area contributed by atoms with Gasteiger partial charge >= 0.3 is 0 Å². The van der Waals surface area contributed by atoms with Crippen LogP contribution in [0.25, 0.3) is 0 Å². The molecular weight excluding hydrogens is 154 g/mol. The molecule has 0 bridgehead atoms. The van der Waals surface area contributed by atoms with Crippen molar-refractivity contribution in [3.63, 3.8) is 0 Å². The van der Waals surface area contributed by atoms with Crippen molar-refractivity contribution < 1.29 is 5.11 Å². The van der Waals surface area contributed by atoms with E-state index in [4.69, 9.17) is 5.73 Å². The molecule has 1 heterocycles. The van der Waals surface area contributed by atoms with Crippen LogP contribution < -0.4 is 5.73 Å². The SMILES string of the molecule is Cc1cnn(C)c1[C@@H](O)CCN. The highest BCUT2D eigenvalue weighted by Gasteiger charge is 2.13. The molecule has 0 aromatic carbocycles. The van der Waals surface area contributed by atoms with Crippen LogP contribution in [0, 0.1) is 6.92 Å². The van der Waals surface area contributed by atoms with Gasteiger partial charge in [0.1, 0.15) is 0 Å². The van der Waals surface area contributed by atoms with Gasteiger partial charge in [-0.2, -0.15) is 5.10 Å². The van der Waals surface area contributed by atoms with Crippen LogP contribution in [0.2, 0.25) is 0 Å². The molecule has 12 heavy (non-hydrogen) atoms. The quantitative estimate of drug-likeness (QED) is 0.675. The molecule has 0 spiro atoms. The van der Waals surface area contributed by atoms with E-state index >= 15 is 0 Å². The van der Waals surface area contributed by atoms with Crippen molar-refractivity contribution in [1.82, 2.24) is 9.78 Å². The van der Waals surface area contributed by atoms with Crippen molar-refractivity contribution in [3.8, 4) is 0 Å². The minimum absolute atomic E-state index is 0.484. The first-order chi connectivity index (χ1) is 5.66. The van der Waals surface area contributed by atoms with Crippen molar-refractivity contribution >= 4 is 0 Å². The topological polar surface area (TPSA) is 64.1 Å². The molecule has 4 nitrogen and oxygen atoms in total. The van der Waals surface area contributed by atoms with Crippen LogP contribution in [0.3, 0.4) is 0 Å². The summed E-state index contributed by atoms with van der Waals surface area (Å²) >= 11 is 0. The highest BCUT2D eigenvalue weighted by molar-refractivity contribution is 5.17. The van der Waals surface area contributed by atoms with Gasteiger partial charge in [-0.05, 0) is 25.5 Å². The van der Waals surface area contributed by atoms with E-state index in [9.17, 15) is 5.11 Å². The number of hydrogen-bond donors (Lipinski definition) is 2. The molecule has 0 amide bonds. The Morgan fingerprint density at radius 1 is 1.75 bits per heavy atom. The standard InChI is InChI=1S/C8H15N3O/c1-6-5-10-11(2)8(6)7(12)3-4-9/h5,7,12H,3-4,9H2,1-2H3/t7-/m0/s1. The lowest BCUT2D eigenvalue weighted by atomic mass is 10.1. The second-order valence-corrected chi connectivity index (χ2v) is 2.93. The first-order valence-corrected chi connectivity index (χ1v) is 4.03. The predicted octanol–water partition coefficient (Wildman–Crippen LogP) is 0.111. The average Bonchev–Trinajstić information content (AvgIpc) is 2.32. The summed E-state index contributed by atoms with van der Waals surface area (Å²) in [6, 6.07) is 0. The lowest BCUT2D eigenvalue weighted by Gasteiger charge is -2.10. The summed E-state index contributed by atoms with van der Waals surface area (Å²) in [5.41, 5.74) is 7.22. The van der Waals surface area contributed by atoms with Gasteiger partial charge in [-0.15, -0.1) is 0 Å². The predicted molar refractivity (Wildman–Crippen MR) is 46.6 cm³/mol. The summed E-state index contributed by atoms with van der Waals surface area (Å²) in [5, 5.41) is 13.7. The van der Waals surface area contributed by atoms with Crippen LogP contribution in [0.5, 0.6) is 0 Å². The fourth-order valence-corrected chi connectivity index (χ4v) is 1.33. The fourth-order valence-electron chi connectivity index (χ4n) is 1.33. The molecule has 3 N–H and O–H groups in total. The van der Waals surface area contributed by atoms with Crippen molar-refractivity contribution in [3.05, 3.63) is 17.5 Å². The van der Waals surface area contributed by atoms with Crippen LogP contribution in [0.1, 0.15) is 23.8 Å². The maximum absolute atomic E-state index is 9.63. The van der Waals surface area contributed by atoms with Gasteiger partial charge < -0.3 is 10.8 Å². The summed E-state index contributed by atoms with van der Waals surface area (Å²) in [6.45, 7) is 2.42. The Balaban J connectivity index is 2.85. The van der Waals surface area contributed by atoms with Crippen LogP contribution in [0.4, 0.5) is 0 Å². The number of hydrogen-bond acceptors (Lipinski definition) is 3. The molecule has 0 aliphatic heterocycles. The Hall–Kier alpha value is -0.870. The summed E-state index contributed by atoms with van der Waals surface area (Å²) in [5.74, 6) is 0. The number of aryl methyl sites for hydroxylation is 2. The molecule has 0 fully saturated rings. The highest BCUT2D eigenvalue weighted by atomic mass is 16.3.